The molecule has 0 bridgehead atoms. The summed E-state index contributed by atoms with van der Waals surface area (Å²) in [6, 6.07) is 5.00. The van der Waals surface area contributed by atoms with Gasteiger partial charge in [-0.2, -0.15) is 13.2 Å². The van der Waals surface area contributed by atoms with E-state index in [4.69, 9.17) is 0 Å². The van der Waals surface area contributed by atoms with Crippen molar-refractivity contribution in [3.8, 4) is 5.69 Å². The van der Waals surface area contributed by atoms with Crippen LogP contribution < -0.4 is 10.6 Å². The van der Waals surface area contributed by atoms with Gasteiger partial charge in [0.25, 0.3) is 5.91 Å². The van der Waals surface area contributed by atoms with Crippen molar-refractivity contribution in [2.24, 2.45) is 0 Å². The standard InChI is InChI=1S/C14H14F3N5O.ClH/c15-14(16,17)10-3-1-2-4-12(10)22-8-11(20-21-22)13(23)19-9-5-6-18-7-9;/h1-4,8-9,18H,5-7H2,(H,19,23);1H. The summed E-state index contributed by atoms with van der Waals surface area (Å²) < 4.78 is 40.0. The summed E-state index contributed by atoms with van der Waals surface area (Å²) in [5, 5.41) is 13.2. The molecule has 1 atom stereocenters. The molecule has 0 aliphatic carbocycles. The van der Waals surface area contributed by atoms with E-state index in [0.29, 0.717) is 6.54 Å². The number of para-hydroxylation sites is 1. The Labute approximate surface area is 141 Å². The van der Waals surface area contributed by atoms with Crippen molar-refractivity contribution in [3.05, 3.63) is 41.7 Å². The molecule has 0 spiro atoms. The number of hydrogen-bond donors (Lipinski definition) is 2. The summed E-state index contributed by atoms with van der Waals surface area (Å²) in [5.41, 5.74) is -1.03. The number of alkyl halides is 3. The highest BCUT2D eigenvalue weighted by Crippen LogP contribution is 2.33. The molecular weight excluding hydrogens is 347 g/mol. The van der Waals surface area contributed by atoms with Crippen LogP contribution in [0.5, 0.6) is 0 Å². The van der Waals surface area contributed by atoms with Gasteiger partial charge in [-0.15, -0.1) is 17.5 Å². The number of benzene rings is 1. The average Bonchev–Trinajstić information content (AvgIpc) is 3.17. The van der Waals surface area contributed by atoms with Crippen LogP contribution in [0.2, 0.25) is 0 Å². The van der Waals surface area contributed by atoms with Crippen molar-refractivity contribution in [1.82, 2.24) is 25.6 Å². The van der Waals surface area contributed by atoms with Crippen molar-refractivity contribution in [2.75, 3.05) is 13.1 Å². The number of halogens is 4. The molecule has 0 saturated carbocycles. The first-order valence-corrected chi connectivity index (χ1v) is 7.05. The fourth-order valence-electron chi connectivity index (χ4n) is 2.44. The maximum absolute atomic E-state index is 13.0. The second-order valence-corrected chi connectivity index (χ2v) is 5.23. The van der Waals surface area contributed by atoms with Gasteiger partial charge in [-0.05, 0) is 25.1 Å². The fraction of sp³-hybridized carbons (Fsp3) is 0.357. The monoisotopic (exact) mass is 361 g/mol. The molecule has 1 aliphatic rings. The van der Waals surface area contributed by atoms with Gasteiger partial charge in [-0.25, -0.2) is 4.68 Å². The highest BCUT2D eigenvalue weighted by molar-refractivity contribution is 5.92. The molecule has 1 unspecified atom stereocenters. The lowest BCUT2D eigenvalue weighted by atomic mass is 10.1. The maximum Gasteiger partial charge on any atom is 0.418 e. The lowest BCUT2D eigenvalue weighted by Gasteiger charge is -2.11. The van der Waals surface area contributed by atoms with Crippen LogP contribution in [0, 0.1) is 0 Å². The second kappa shape index (κ2) is 7.18. The molecule has 130 valence electrons. The Balaban J connectivity index is 0.00000208. The summed E-state index contributed by atoms with van der Waals surface area (Å²) in [5.74, 6) is -0.450. The highest BCUT2D eigenvalue weighted by Gasteiger charge is 2.34. The van der Waals surface area contributed by atoms with Gasteiger partial charge in [0.15, 0.2) is 5.69 Å². The topological polar surface area (TPSA) is 71.8 Å². The van der Waals surface area contributed by atoms with Gasteiger partial charge in [0.1, 0.15) is 0 Å². The van der Waals surface area contributed by atoms with E-state index >= 15 is 0 Å². The molecule has 1 saturated heterocycles. The summed E-state index contributed by atoms with van der Waals surface area (Å²) in [6.07, 6.45) is -2.51. The van der Waals surface area contributed by atoms with E-state index in [1.165, 1.54) is 24.4 Å². The van der Waals surface area contributed by atoms with E-state index in [0.717, 1.165) is 23.7 Å². The number of carbonyl (C=O) groups is 1. The Hall–Kier alpha value is -2.13. The minimum atomic E-state index is -4.51. The summed E-state index contributed by atoms with van der Waals surface area (Å²) in [7, 11) is 0. The molecule has 2 N–H and O–H groups in total. The van der Waals surface area contributed by atoms with Crippen molar-refractivity contribution < 1.29 is 18.0 Å². The van der Waals surface area contributed by atoms with Gasteiger partial charge in [0.2, 0.25) is 0 Å². The third-order valence-electron chi connectivity index (χ3n) is 3.58. The predicted molar refractivity (Wildman–Crippen MR) is 82.3 cm³/mol. The molecule has 1 amide bonds. The van der Waals surface area contributed by atoms with E-state index in [1.807, 2.05) is 0 Å². The minimum Gasteiger partial charge on any atom is -0.347 e. The largest absolute Gasteiger partial charge is 0.418 e. The lowest BCUT2D eigenvalue weighted by molar-refractivity contribution is -0.137. The molecule has 24 heavy (non-hydrogen) atoms. The molecule has 1 fully saturated rings. The summed E-state index contributed by atoms with van der Waals surface area (Å²) in [6.45, 7) is 1.48. The Bertz CT molecular complexity index is 712. The molecule has 2 aromatic rings. The third kappa shape index (κ3) is 3.85. The third-order valence-corrected chi connectivity index (χ3v) is 3.58. The number of aromatic nitrogens is 3. The molecule has 3 rings (SSSR count). The van der Waals surface area contributed by atoms with Gasteiger partial charge in [0, 0.05) is 12.6 Å². The zero-order valence-electron chi connectivity index (χ0n) is 12.4. The molecule has 1 aromatic carbocycles. The van der Waals surface area contributed by atoms with Crippen LogP contribution in [0.3, 0.4) is 0 Å². The number of hydrogen-bond acceptors (Lipinski definition) is 4. The second-order valence-electron chi connectivity index (χ2n) is 5.23. The Morgan fingerprint density at radius 3 is 2.75 bits per heavy atom. The molecule has 0 radical (unpaired) electrons. The fourth-order valence-corrected chi connectivity index (χ4v) is 2.44. The van der Waals surface area contributed by atoms with E-state index < -0.39 is 17.6 Å². The number of nitrogens with one attached hydrogen (secondary N) is 2. The predicted octanol–water partition coefficient (Wildman–Crippen LogP) is 1.80. The number of rotatable bonds is 3. The minimum absolute atomic E-state index is 0. The van der Waals surface area contributed by atoms with Gasteiger partial charge in [-0.1, -0.05) is 17.3 Å². The van der Waals surface area contributed by atoms with E-state index in [-0.39, 0.29) is 29.8 Å². The van der Waals surface area contributed by atoms with Gasteiger partial charge >= 0.3 is 6.18 Å². The first-order chi connectivity index (χ1) is 10.9. The number of nitrogens with zero attached hydrogens (tertiary/aromatic N) is 3. The van der Waals surface area contributed by atoms with Gasteiger partial charge in [-0.3, -0.25) is 4.79 Å². The summed E-state index contributed by atoms with van der Waals surface area (Å²) >= 11 is 0. The molecular formula is C14H15ClF3N5O. The van der Waals surface area contributed by atoms with Crippen LogP contribution in [-0.4, -0.2) is 40.0 Å². The highest BCUT2D eigenvalue weighted by atomic mass is 35.5. The van der Waals surface area contributed by atoms with E-state index in [9.17, 15) is 18.0 Å². The maximum atomic E-state index is 13.0. The van der Waals surface area contributed by atoms with Crippen molar-refractivity contribution >= 4 is 18.3 Å². The molecule has 1 aromatic heterocycles. The van der Waals surface area contributed by atoms with Crippen molar-refractivity contribution in [1.29, 1.82) is 0 Å². The lowest BCUT2D eigenvalue weighted by Crippen LogP contribution is -2.36. The van der Waals surface area contributed by atoms with Crippen LogP contribution in [0.25, 0.3) is 5.69 Å². The molecule has 10 heteroatoms. The Kier molecular flexibility index (Phi) is 5.45. The van der Waals surface area contributed by atoms with Gasteiger partial charge in [0.05, 0.1) is 17.4 Å². The molecule has 1 aliphatic heterocycles. The van der Waals surface area contributed by atoms with Crippen LogP contribution in [0.15, 0.2) is 30.5 Å². The number of carbonyl (C=O) groups excluding carboxylic acids is 1. The van der Waals surface area contributed by atoms with Crippen molar-refractivity contribution in [2.45, 2.75) is 18.6 Å². The van der Waals surface area contributed by atoms with Crippen LogP contribution in [0.1, 0.15) is 22.5 Å². The summed E-state index contributed by atoms with van der Waals surface area (Å²) in [4.78, 5) is 12.1. The van der Waals surface area contributed by atoms with Crippen LogP contribution in [0.4, 0.5) is 13.2 Å². The first kappa shape index (κ1) is 18.2. The number of amides is 1. The van der Waals surface area contributed by atoms with Crippen LogP contribution >= 0.6 is 12.4 Å². The zero-order valence-corrected chi connectivity index (χ0v) is 13.2. The van der Waals surface area contributed by atoms with E-state index in [1.54, 1.807) is 0 Å². The van der Waals surface area contributed by atoms with Crippen LogP contribution in [-0.2, 0) is 6.18 Å². The average molecular weight is 362 g/mol. The Morgan fingerprint density at radius 1 is 1.33 bits per heavy atom. The van der Waals surface area contributed by atoms with E-state index in [2.05, 4.69) is 20.9 Å². The normalized spacial score (nSPS) is 17.4. The molecule has 6 nitrogen and oxygen atoms in total. The smallest absolute Gasteiger partial charge is 0.347 e. The van der Waals surface area contributed by atoms with Gasteiger partial charge < -0.3 is 10.6 Å². The first-order valence-electron chi connectivity index (χ1n) is 7.05. The zero-order chi connectivity index (χ0) is 16.4. The quantitative estimate of drug-likeness (QED) is 0.874. The SMILES string of the molecule is Cl.O=C(NC1CCNC1)c1cn(-c2ccccc2C(F)(F)F)nn1. The van der Waals surface area contributed by atoms with Crippen molar-refractivity contribution in [3.63, 3.8) is 0 Å². The molecule has 2 heterocycles. The Morgan fingerprint density at radius 2 is 2.08 bits per heavy atom.